The Balaban J connectivity index is 2.30. The van der Waals surface area contributed by atoms with E-state index in [1.807, 2.05) is 0 Å². The number of piperidine rings is 1. The van der Waals surface area contributed by atoms with Crippen LogP contribution in [0.3, 0.4) is 0 Å². The molecule has 1 fully saturated rings. The molecule has 3 rings (SSSR count). The molecule has 4 atom stereocenters. The molecule has 1 aliphatic heterocycles. The highest BCUT2D eigenvalue weighted by atomic mass is 32.1. The van der Waals surface area contributed by atoms with Gasteiger partial charge in [-0.2, -0.15) is 0 Å². The van der Waals surface area contributed by atoms with Crippen molar-refractivity contribution in [2.75, 3.05) is 7.05 Å². The second kappa shape index (κ2) is 6.22. The molecule has 2 aromatic rings. The SMILES string of the molecule is CN1C(c2cscn2)C(C)(C(=O)O)C(=O)C(C)(C(=O)O)C1c1cscn1. The molecule has 0 bridgehead atoms. The van der Waals surface area contributed by atoms with Gasteiger partial charge in [-0.1, -0.05) is 0 Å². The smallest absolute Gasteiger partial charge is 0.318 e. The fraction of sp³-hybridized carbons (Fsp3) is 0.438. The van der Waals surface area contributed by atoms with Crippen molar-refractivity contribution >= 4 is 40.4 Å². The van der Waals surface area contributed by atoms with E-state index >= 15 is 0 Å². The van der Waals surface area contributed by atoms with Gasteiger partial charge in [0.1, 0.15) is 10.8 Å². The largest absolute Gasteiger partial charge is 0.480 e. The number of aliphatic carboxylic acids is 2. The molecule has 10 heteroatoms. The summed E-state index contributed by atoms with van der Waals surface area (Å²) >= 11 is 2.56. The second-order valence-corrected chi connectivity index (χ2v) is 8.08. The number of nitrogens with zero attached hydrogens (tertiary/aromatic N) is 3. The van der Waals surface area contributed by atoms with Gasteiger partial charge in [-0.3, -0.25) is 19.3 Å². The van der Waals surface area contributed by atoms with Crippen LogP contribution in [0, 0.1) is 10.8 Å². The Morgan fingerprint density at radius 3 is 1.65 bits per heavy atom. The molecule has 0 aromatic carbocycles. The fourth-order valence-electron chi connectivity index (χ4n) is 3.90. The number of likely N-dealkylation sites (tertiary alicyclic amines) is 1. The molecule has 0 amide bonds. The number of carbonyl (C=O) groups is 3. The van der Waals surface area contributed by atoms with E-state index in [0.29, 0.717) is 11.4 Å². The molecule has 2 N–H and O–H groups in total. The van der Waals surface area contributed by atoms with Crippen LogP contribution in [0.4, 0.5) is 0 Å². The first kappa shape index (κ1) is 18.6. The van der Waals surface area contributed by atoms with E-state index in [9.17, 15) is 24.6 Å². The molecular formula is C16H17N3O5S2. The molecule has 138 valence electrons. The van der Waals surface area contributed by atoms with Crippen LogP contribution < -0.4 is 0 Å². The normalized spacial score (nSPS) is 32.5. The van der Waals surface area contributed by atoms with Crippen LogP contribution in [0.25, 0.3) is 0 Å². The minimum absolute atomic E-state index is 0.420. The number of carbonyl (C=O) groups excluding carboxylic acids is 1. The summed E-state index contributed by atoms with van der Waals surface area (Å²) < 4.78 is 0. The number of ketones is 1. The number of hydrogen-bond acceptors (Lipinski definition) is 8. The van der Waals surface area contributed by atoms with Crippen molar-refractivity contribution in [2.24, 2.45) is 10.8 Å². The summed E-state index contributed by atoms with van der Waals surface area (Å²) in [6.45, 7) is 2.55. The van der Waals surface area contributed by atoms with Crippen molar-refractivity contribution in [2.45, 2.75) is 25.9 Å². The Bertz CT molecular complexity index is 785. The predicted molar refractivity (Wildman–Crippen MR) is 94.0 cm³/mol. The molecule has 3 heterocycles. The average molecular weight is 395 g/mol. The van der Waals surface area contributed by atoms with Gasteiger partial charge in [0.2, 0.25) is 0 Å². The molecule has 1 saturated heterocycles. The molecule has 0 radical (unpaired) electrons. The number of carboxylic acids is 2. The van der Waals surface area contributed by atoms with Crippen LogP contribution >= 0.6 is 22.7 Å². The van der Waals surface area contributed by atoms with Gasteiger partial charge in [-0.05, 0) is 20.9 Å². The van der Waals surface area contributed by atoms with Gasteiger partial charge in [0.25, 0.3) is 0 Å². The summed E-state index contributed by atoms with van der Waals surface area (Å²) in [6, 6.07) is -1.84. The first-order valence-electron chi connectivity index (χ1n) is 7.66. The molecule has 0 aliphatic carbocycles. The number of hydrogen-bond donors (Lipinski definition) is 2. The maximum atomic E-state index is 13.4. The quantitative estimate of drug-likeness (QED) is 0.755. The van der Waals surface area contributed by atoms with Gasteiger partial charge in [-0.15, -0.1) is 22.7 Å². The maximum absolute atomic E-state index is 13.4. The van der Waals surface area contributed by atoms with Gasteiger partial charge >= 0.3 is 11.9 Å². The van der Waals surface area contributed by atoms with Crippen LogP contribution in [0.2, 0.25) is 0 Å². The lowest BCUT2D eigenvalue weighted by atomic mass is 9.59. The Kier molecular flexibility index (Phi) is 4.45. The topological polar surface area (TPSA) is 121 Å². The van der Waals surface area contributed by atoms with Crippen molar-refractivity contribution in [3.63, 3.8) is 0 Å². The molecular weight excluding hydrogens is 378 g/mol. The Hall–Kier alpha value is -2.17. The highest BCUT2D eigenvalue weighted by molar-refractivity contribution is 7.07. The zero-order chi connectivity index (χ0) is 19.3. The summed E-state index contributed by atoms with van der Waals surface area (Å²) in [4.78, 5) is 47.7. The highest BCUT2D eigenvalue weighted by Crippen LogP contribution is 2.56. The maximum Gasteiger partial charge on any atom is 0.318 e. The van der Waals surface area contributed by atoms with Crippen molar-refractivity contribution in [3.05, 3.63) is 33.2 Å². The zero-order valence-corrected chi connectivity index (χ0v) is 15.9. The first-order chi connectivity index (χ1) is 12.2. The van der Waals surface area contributed by atoms with Crippen LogP contribution in [-0.4, -0.2) is 49.9 Å². The average Bonchev–Trinajstić information content (AvgIpc) is 3.26. The van der Waals surface area contributed by atoms with E-state index in [-0.39, 0.29) is 0 Å². The Morgan fingerprint density at radius 1 is 1.00 bits per heavy atom. The molecule has 1 aliphatic rings. The van der Waals surface area contributed by atoms with E-state index in [4.69, 9.17) is 0 Å². The van der Waals surface area contributed by atoms with Crippen molar-refractivity contribution in [3.8, 4) is 0 Å². The summed E-state index contributed by atoms with van der Waals surface area (Å²) in [5.74, 6) is -3.62. The number of Topliss-reactive ketones (excluding diaryl/α,β-unsaturated/α-hetero) is 1. The van der Waals surface area contributed by atoms with Gasteiger partial charge in [0.05, 0.1) is 34.5 Å². The molecule has 26 heavy (non-hydrogen) atoms. The third-order valence-corrected chi connectivity index (χ3v) is 6.41. The van der Waals surface area contributed by atoms with Crippen LogP contribution in [-0.2, 0) is 14.4 Å². The van der Waals surface area contributed by atoms with Crippen LogP contribution in [0.15, 0.2) is 21.8 Å². The monoisotopic (exact) mass is 395 g/mol. The van der Waals surface area contributed by atoms with E-state index in [0.717, 1.165) is 0 Å². The Labute approximate surface area is 157 Å². The number of rotatable bonds is 4. The van der Waals surface area contributed by atoms with Gasteiger partial charge in [0, 0.05) is 10.8 Å². The van der Waals surface area contributed by atoms with E-state index in [1.54, 1.807) is 33.7 Å². The summed E-state index contributed by atoms with van der Waals surface area (Å²) in [6.07, 6.45) is 0. The first-order valence-corrected chi connectivity index (χ1v) is 9.55. The highest BCUT2D eigenvalue weighted by Gasteiger charge is 2.68. The van der Waals surface area contributed by atoms with Gasteiger partial charge < -0.3 is 10.2 Å². The molecule has 8 nitrogen and oxygen atoms in total. The minimum atomic E-state index is -1.97. The Morgan fingerprint density at radius 2 is 1.38 bits per heavy atom. The lowest BCUT2D eigenvalue weighted by molar-refractivity contribution is -0.184. The zero-order valence-electron chi connectivity index (χ0n) is 14.2. The van der Waals surface area contributed by atoms with Crippen LogP contribution in [0.5, 0.6) is 0 Å². The van der Waals surface area contributed by atoms with E-state index < -0.39 is 40.6 Å². The third kappa shape index (κ3) is 2.32. The van der Waals surface area contributed by atoms with E-state index in [1.165, 1.54) is 36.5 Å². The molecule has 0 saturated carbocycles. The number of carboxylic acid groups (broad SMARTS) is 2. The summed E-state index contributed by atoms with van der Waals surface area (Å²) in [7, 11) is 1.61. The van der Waals surface area contributed by atoms with E-state index in [2.05, 4.69) is 9.97 Å². The van der Waals surface area contributed by atoms with Gasteiger partial charge in [0.15, 0.2) is 5.78 Å². The number of thiazole rings is 2. The third-order valence-electron chi connectivity index (χ3n) is 5.20. The lowest BCUT2D eigenvalue weighted by Gasteiger charge is -2.52. The fourth-order valence-corrected chi connectivity index (χ4v) is 5.05. The molecule has 4 unspecified atom stereocenters. The summed E-state index contributed by atoms with van der Waals surface area (Å²) in [5.41, 5.74) is 0.00881. The standard InChI is InChI=1S/C16H17N3O5S2/c1-15(13(21)22)10(8-4-25-6-17-8)19(3)11(9-5-26-7-18-9)16(2,12(15)20)14(23)24/h4-7,10-11H,1-3H3,(H,21,22)(H,23,24). The second-order valence-electron chi connectivity index (χ2n) is 6.64. The van der Waals surface area contributed by atoms with Crippen molar-refractivity contribution < 1.29 is 24.6 Å². The lowest BCUT2D eigenvalue weighted by Crippen LogP contribution is -2.64. The molecule has 2 aromatic heterocycles. The van der Waals surface area contributed by atoms with Crippen molar-refractivity contribution in [1.82, 2.24) is 14.9 Å². The number of aromatic nitrogens is 2. The molecule has 0 spiro atoms. The van der Waals surface area contributed by atoms with Crippen molar-refractivity contribution in [1.29, 1.82) is 0 Å². The predicted octanol–water partition coefficient (Wildman–Crippen LogP) is 2.08. The minimum Gasteiger partial charge on any atom is -0.480 e. The van der Waals surface area contributed by atoms with Crippen LogP contribution in [0.1, 0.15) is 37.3 Å². The summed E-state index contributed by atoms with van der Waals surface area (Å²) in [5, 5.41) is 23.2. The van der Waals surface area contributed by atoms with Gasteiger partial charge in [-0.25, -0.2) is 9.97 Å².